The van der Waals surface area contributed by atoms with Gasteiger partial charge in [-0.15, -0.1) is 0 Å². The molecule has 0 saturated heterocycles. The molecule has 0 radical (unpaired) electrons. The monoisotopic (exact) mass is 292 g/mol. The van der Waals surface area contributed by atoms with Gasteiger partial charge in [0.15, 0.2) is 0 Å². The van der Waals surface area contributed by atoms with Gasteiger partial charge in [-0.05, 0) is 47.5 Å². The fraction of sp³-hybridized carbons (Fsp3) is 0.231. The number of aryl methyl sites for hydroxylation is 2. The fourth-order valence-corrected chi connectivity index (χ4v) is 2.29. The number of nitrogens with zero attached hydrogens (tertiary/aromatic N) is 2. The summed E-state index contributed by atoms with van der Waals surface area (Å²) in [5, 5.41) is 0. The second-order valence-electron chi connectivity index (χ2n) is 4.04. The molecule has 0 aromatic carbocycles. The summed E-state index contributed by atoms with van der Waals surface area (Å²) >= 11 is 3.40. The van der Waals surface area contributed by atoms with E-state index in [4.69, 9.17) is 0 Å². The maximum Gasteiger partial charge on any atom is 0.253 e. The Balaban J connectivity index is 2.44. The molecule has 0 atom stereocenters. The van der Waals surface area contributed by atoms with Crippen LogP contribution in [0, 0.1) is 13.8 Å². The van der Waals surface area contributed by atoms with Crippen molar-refractivity contribution >= 4 is 15.9 Å². The van der Waals surface area contributed by atoms with Crippen LogP contribution in [0.1, 0.15) is 16.8 Å². The van der Waals surface area contributed by atoms with Gasteiger partial charge in [0.25, 0.3) is 5.56 Å². The summed E-state index contributed by atoms with van der Waals surface area (Å²) in [5.74, 6) is 0. The Morgan fingerprint density at radius 2 is 2.12 bits per heavy atom. The number of hydrogen-bond acceptors (Lipinski definition) is 2. The Morgan fingerprint density at radius 3 is 2.82 bits per heavy atom. The number of rotatable bonds is 2. The van der Waals surface area contributed by atoms with Gasteiger partial charge in [-0.1, -0.05) is 6.07 Å². The van der Waals surface area contributed by atoms with Crippen molar-refractivity contribution in [3.05, 3.63) is 62.2 Å². The summed E-state index contributed by atoms with van der Waals surface area (Å²) in [4.78, 5) is 16.2. The molecular weight excluding hydrogens is 280 g/mol. The van der Waals surface area contributed by atoms with E-state index in [-0.39, 0.29) is 5.56 Å². The molecule has 0 aliphatic heterocycles. The number of aromatic nitrogens is 2. The molecule has 88 valence electrons. The van der Waals surface area contributed by atoms with Crippen LogP contribution in [0.2, 0.25) is 0 Å². The lowest BCUT2D eigenvalue weighted by atomic mass is 10.2. The fourth-order valence-electron chi connectivity index (χ4n) is 1.70. The molecule has 2 heterocycles. The lowest BCUT2D eigenvalue weighted by Crippen LogP contribution is -2.22. The SMILES string of the molecule is Cc1cccnc1Cn1cc(Br)cc(C)c1=O. The Kier molecular flexibility index (Phi) is 3.43. The first kappa shape index (κ1) is 12.0. The van der Waals surface area contributed by atoms with Crippen LogP contribution < -0.4 is 5.56 Å². The number of pyridine rings is 2. The maximum atomic E-state index is 12.0. The minimum Gasteiger partial charge on any atom is -0.308 e. The molecule has 0 fully saturated rings. The average molecular weight is 293 g/mol. The minimum absolute atomic E-state index is 0.0262. The summed E-state index contributed by atoms with van der Waals surface area (Å²) in [6.45, 7) is 4.32. The third kappa shape index (κ3) is 2.64. The normalized spacial score (nSPS) is 10.5. The largest absolute Gasteiger partial charge is 0.308 e. The van der Waals surface area contributed by atoms with Gasteiger partial charge in [0.1, 0.15) is 0 Å². The predicted molar refractivity (Wildman–Crippen MR) is 71.2 cm³/mol. The first-order valence-corrected chi connectivity index (χ1v) is 6.14. The molecule has 17 heavy (non-hydrogen) atoms. The highest BCUT2D eigenvalue weighted by Gasteiger charge is 2.05. The second kappa shape index (κ2) is 4.84. The minimum atomic E-state index is 0.0262. The van der Waals surface area contributed by atoms with Crippen LogP contribution in [-0.4, -0.2) is 9.55 Å². The first-order valence-electron chi connectivity index (χ1n) is 5.35. The zero-order valence-corrected chi connectivity index (χ0v) is 11.4. The highest BCUT2D eigenvalue weighted by Crippen LogP contribution is 2.10. The van der Waals surface area contributed by atoms with Gasteiger partial charge in [0.05, 0.1) is 12.2 Å². The number of halogens is 1. The molecule has 3 nitrogen and oxygen atoms in total. The highest BCUT2D eigenvalue weighted by atomic mass is 79.9. The Morgan fingerprint density at radius 1 is 1.35 bits per heavy atom. The van der Waals surface area contributed by atoms with Crippen molar-refractivity contribution in [2.75, 3.05) is 0 Å². The van der Waals surface area contributed by atoms with Crippen molar-refractivity contribution in [1.82, 2.24) is 9.55 Å². The zero-order chi connectivity index (χ0) is 12.4. The molecule has 0 saturated carbocycles. The van der Waals surface area contributed by atoms with Crippen LogP contribution in [0.3, 0.4) is 0 Å². The van der Waals surface area contributed by atoms with Crippen LogP contribution in [0.15, 0.2) is 39.9 Å². The first-order chi connectivity index (χ1) is 8.08. The van der Waals surface area contributed by atoms with E-state index in [1.165, 1.54) is 0 Å². The molecular formula is C13H13BrN2O. The summed E-state index contributed by atoms with van der Waals surface area (Å²) in [5.41, 5.74) is 2.77. The van der Waals surface area contributed by atoms with Crippen LogP contribution >= 0.6 is 15.9 Å². The van der Waals surface area contributed by atoms with Gasteiger partial charge in [0.2, 0.25) is 0 Å². The molecule has 2 aromatic heterocycles. The van der Waals surface area contributed by atoms with Crippen LogP contribution in [-0.2, 0) is 6.54 Å². The maximum absolute atomic E-state index is 12.0. The van der Waals surface area contributed by atoms with Gasteiger partial charge in [-0.2, -0.15) is 0 Å². The van der Waals surface area contributed by atoms with Gasteiger partial charge in [-0.3, -0.25) is 9.78 Å². The molecule has 0 aliphatic rings. The van der Waals surface area contributed by atoms with Crippen molar-refractivity contribution < 1.29 is 0 Å². The molecule has 4 heteroatoms. The molecule has 0 unspecified atom stereocenters. The van der Waals surface area contributed by atoms with E-state index >= 15 is 0 Å². The van der Waals surface area contributed by atoms with Crippen molar-refractivity contribution in [3.63, 3.8) is 0 Å². The Labute approximate surface area is 108 Å². The predicted octanol–water partition coefficient (Wildman–Crippen LogP) is 2.67. The Hall–Kier alpha value is -1.42. The van der Waals surface area contributed by atoms with E-state index in [9.17, 15) is 4.79 Å². The highest BCUT2D eigenvalue weighted by molar-refractivity contribution is 9.10. The quantitative estimate of drug-likeness (QED) is 0.853. The molecule has 0 bridgehead atoms. The molecule has 0 aliphatic carbocycles. The second-order valence-corrected chi connectivity index (χ2v) is 4.96. The molecule has 2 rings (SSSR count). The van der Waals surface area contributed by atoms with E-state index in [1.807, 2.05) is 32.0 Å². The smallest absolute Gasteiger partial charge is 0.253 e. The number of hydrogen-bond donors (Lipinski definition) is 0. The van der Waals surface area contributed by atoms with Gasteiger partial charge >= 0.3 is 0 Å². The van der Waals surface area contributed by atoms with Gasteiger partial charge < -0.3 is 4.57 Å². The third-order valence-electron chi connectivity index (χ3n) is 2.67. The van der Waals surface area contributed by atoms with Gasteiger partial charge in [-0.25, -0.2) is 0 Å². The van der Waals surface area contributed by atoms with E-state index in [1.54, 1.807) is 17.0 Å². The van der Waals surface area contributed by atoms with Crippen molar-refractivity contribution in [2.24, 2.45) is 0 Å². The zero-order valence-electron chi connectivity index (χ0n) is 9.77. The summed E-state index contributed by atoms with van der Waals surface area (Å²) in [7, 11) is 0. The molecule has 0 amide bonds. The van der Waals surface area contributed by atoms with E-state index in [2.05, 4.69) is 20.9 Å². The lowest BCUT2D eigenvalue weighted by Gasteiger charge is -2.09. The average Bonchev–Trinajstić information content (AvgIpc) is 2.28. The van der Waals surface area contributed by atoms with E-state index in [0.29, 0.717) is 6.54 Å². The topological polar surface area (TPSA) is 34.9 Å². The van der Waals surface area contributed by atoms with Crippen LogP contribution in [0.25, 0.3) is 0 Å². The van der Waals surface area contributed by atoms with Crippen LogP contribution in [0.5, 0.6) is 0 Å². The van der Waals surface area contributed by atoms with Crippen LogP contribution in [0.4, 0.5) is 0 Å². The molecule has 0 N–H and O–H groups in total. The van der Waals surface area contributed by atoms with Crippen molar-refractivity contribution in [3.8, 4) is 0 Å². The Bertz CT molecular complexity index is 605. The summed E-state index contributed by atoms with van der Waals surface area (Å²) in [6, 6.07) is 5.72. The summed E-state index contributed by atoms with van der Waals surface area (Å²) in [6.07, 6.45) is 3.54. The summed E-state index contributed by atoms with van der Waals surface area (Å²) < 4.78 is 2.58. The molecule has 2 aromatic rings. The molecule has 0 spiro atoms. The van der Waals surface area contributed by atoms with Gasteiger partial charge in [0, 0.05) is 22.4 Å². The lowest BCUT2D eigenvalue weighted by molar-refractivity contribution is 0.725. The van der Waals surface area contributed by atoms with Crippen molar-refractivity contribution in [2.45, 2.75) is 20.4 Å². The third-order valence-corrected chi connectivity index (χ3v) is 3.10. The van der Waals surface area contributed by atoms with E-state index < -0.39 is 0 Å². The van der Waals surface area contributed by atoms with Crippen molar-refractivity contribution in [1.29, 1.82) is 0 Å². The van der Waals surface area contributed by atoms with E-state index in [0.717, 1.165) is 21.3 Å². The standard InChI is InChI=1S/C13H13BrN2O/c1-9-4-3-5-15-12(9)8-16-7-11(14)6-10(2)13(16)17/h3-7H,8H2,1-2H3.